The molecule has 2 heterocycles. The zero-order valence-electron chi connectivity index (χ0n) is 10.4. The third-order valence-corrected chi connectivity index (χ3v) is 3.16. The Morgan fingerprint density at radius 3 is 2.60 bits per heavy atom. The topological polar surface area (TPSA) is 130 Å². The van der Waals surface area contributed by atoms with Crippen LogP contribution in [0.25, 0.3) is 5.95 Å². The molecular formula is C10H11N5O4S. The van der Waals surface area contributed by atoms with E-state index in [9.17, 15) is 13.2 Å². The summed E-state index contributed by atoms with van der Waals surface area (Å²) < 4.78 is 29.0. The van der Waals surface area contributed by atoms with E-state index in [2.05, 4.69) is 15.1 Å². The number of hydrogen-bond donors (Lipinski definition) is 1. The summed E-state index contributed by atoms with van der Waals surface area (Å²) in [6.07, 6.45) is 3.86. The molecule has 9 nitrogen and oxygen atoms in total. The molecule has 20 heavy (non-hydrogen) atoms. The highest BCUT2D eigenvalue weighted by Gasteiger charge is 2.28. The lowest BCUT2D eigenvalue weighted by Gasteiger charge is -2.05. The average molecular weight is 297 g/mol. The Morgan fingerprint density at radius 1 is 1.40 bits per heavy atom. The number of nitrogens with zero attached hydrogens (tertiary/aromatic N) is 4. The minimum Gasteiger partial charge on any atom is -0.462 e. The molecule has 10 heteroatoms. The third-order valence-electron chi connectivity index (χ3n) is 2.23. The molecule has 0 aliphatic heterocycles. The van der Waals surface area contributed by atoms with Gasteiger partial charge in [-0.2, -0.15) is 9.78 Å². The number of nitrogens with two attached hydrogens (primary N) is 1. The molecule has 0 fully saturated rings. The molecule has 2 aromatic heterocycles. The van der Waals surface area contributed by atoms with Crippen molar-refractivity contribution in [3.05, 3.63) is 30.2 Å². The number of ether oxygens (including phenoxy) is 1. The molecule has 0 unspecified atom stereocenters. The van der Waals surface area contributed by atoms with Crippen molar-refractivity contribution in [3.63, 3.8) is 0 Å². The third kappa shape index (κ3) is 2.65. The predicted molar refractivity (Wildman–Crippen MR) is 66.5 cm³/mol. The van der Waals surface area contributed by atoms with Crippen molar-refractivity contribution in [2.24, 2.45) is 5.14 Å². The second-order valence-corrected chi connectivity index (χ2v) is 5.07. The fraction of sp³-hybridized carbons (Fsp3) is 0.200. The highest BCUT2D eigenvalue weighted by atomic mass is 32.2. The van der Waals surface area contributed by atoms with Gasteiger partial charge in [0.2, 0.25) is 0 Å². The van der Waals surface area contributed by atoms with Crippen molar-refractivity contribution in [2.75, 3.05) is 6.61 Å². The Labute approximate surface area is 114 Å². The van der Waals surface area contributed by atoms with E-state index in [0.717, 1.165) is 10.9 Å². The van der Waals surface area contributed by atoms with Crippen molar-refractivity contribution in [3.8, 4) is 5.95 Å². The molecule has 106 valence electrons. The molecule has 0 spiro atoms. The number of hydrogen-bond acceptors (Lipinski definition) is 7. The maximum absolute atomic E-state index is 11.7. The number of primary sulfonamides is 1. The molecule has 0 aliphatic carbocycles. The van der Waals surface area contributed by atoms with Crippen LogP contribution >= 0.6 is 0 Å². The molecular weight excluding hydrogens is 286 g/mol. The second kappa shape index (κ2) is 5.35. The van der Waals surface area contributed by atoms with Gasteiger partial charge in [0, 0.05) is 12.4 Å². The maximum Gasteiger partial charge on any atom is 0.342 e. The number of carbonyl (C=O) groups is 1. The fourth-order valence-electron chi connectivity index (χ4n) is 1.50. The van der Waals surface area contributed by atoms with Crippen LogP contribution in [-0.2, 0) is 14.8 Å². The molecule has 2 aromatic rings. The lowest BCUT2D eigenvalue weighted by atomic mass is 10.4. The Balaban J connectivity index is 2.64. The number of carbonyl (C=O) groups excluding carboxylic acids is 1. The Bertz CT molecular complexity index is 725. The number of esters is 1. The van der Waals surface area contributed by atoms with Gasteiger partial charge in [0.05, 0.1) is 12.8 Å². The molecule has 2 N–H and O–H groups in total. The summed E-state index contributed by atoms with van der Waals surface area (Å²) in [6, 6.07) is 1.55. The van der Waals surface area contributed by atoms with E-state index < -0.39 is 21.0 Å². The summed E-state index contributed by atoms with van der Waals surface area (Å²) in [5.41, 5.74) is -0.262. The quantitative estimate of drug-likeness (QED) is 0.752. The van der Waals surface area contributed by atoms with Crippen LogP contribution in [0.5, 0.6) is 0 Å². The monoisotopic (exact) mass is 297 g/mol. The lowest BCUT2D eigenvalue weighted by molar-refractivity contribution is 0.0521. The summed E-state index contributed by atoms with van der Waals surface area (Å²) in [6.45, 7) is 1.69. The highest BCUT2D eigenvalue weighted by Crippen LogP contribution is 2.17. The first-order chi connectivity index (χ1) is 9.45. The van der Waals surface area contributed by atoms with Crippen LogP contribution in [0.2, 0.25) is 0 Å². The van der Waals surface area contributed by atoms with Gasteiger partial charge in [0.15, 0.2) is 5.03 Å². The van der Waals surface area contributed by atoms with Crippen LogP contribution in [0.15, 0.2) is 29.7 Å². The molecule has 0 aliphatic rings. The fourth-order valence-corrected chi connectivity index (χ4v) is 2.32. The van der Waals surface area contributed by atoms with Gasteiger partial charge in [0.1, 0.15) is 5.56 Å². The SMILES string of the molecule is CCOC(=O)c1cnn(-c2ncccn2)c1S(N)(=O)=O. The van der Waals surface area contributed by atoms with Gasteiger partial charge in [-0.1, -0.05) is 0 Å². The second-order valence-electron chi connectivity index (χ2n) is 3.59. The lowest BCUT2D eigenvalue weighted by Crippen LogP contribution is -2.21. The summed E-state index contributed by atoms with van der Waals surface area (Å²) in [5.74, 6) is -0.856. The van der Waals surface area contributed by atoms with Crippen molar-refractivity contribution < 1.29 is 17.9 Å². The normalized spacial score (nSPS) is 11.3. The average Bonchev–Trinajstić information content (AvgIpc) is 2.84. The van der Waals surface area contributed by atoms with E-state index in [0.29, 0.717) is 0 Å². The Kier molecular flexibility index (Phi) is 3.77. The highest BCUT2D eigenvalue weighted by molar-refractivity contribution is 7.89. The van der Waals surface area contributed by atoms with Crippen molar-refractivity contribution in [2.45, 2.75) is 11.9 Å². The first-order valence-corrected chi connectivity index (χ1v) is 7.05. The van der Waals surface area contributed by atoms with Gasteiger partial charge >= 0.3 is 5.97 Å². The van der Waals surface area contributed by atoms with Crippen LogP contribution in [0, 0.1) is 0 Å². The van der Waals surface area contributed by atoms with E-state index in [1.54, 1.807) is 13.0 Å². The molecule has 0 aromatic carbocycles. The van der Waals surface area contributed by atoms with Gasteiger partial charge in [-0.3, -0.25) is 0 Å². The van der Waals surface area contributed by atoms with Crippen molar-refractivity contribution in [1.29, 1.82) is 0 Å². The first-order valence-electron chi connectivity index (χ1n) is 5.50. The van der Waals surface area contributed by atoms with E-state index in [4.69, 9.17) is 9.88 Å². The molecule has 0 bridgehead atoms. The van der Waals surface area contributed by atoms with E-state index in [1.807, 2.05) is 0 Å². The molecule has 2 rings (SSSR count). The number of aromatic nitrogens is 4. The predicted octanol–water partition coefficient (Wildman–Crippen LogP) is -0.514. The number of sulfonamides is 1. The van der Waals surface area contributed by atoms with Gasteiger partial charge < -0.3 is 4.74 Å². The van der Waals surface area contributed by atoms with Gasteiger partial charge in [-0.25, -0.2) is 28.3 Å². The molecule has 0 saturated carbocycles. The largest absolute Gasteiger partial charge is 0.462 e. The molecule has 0 radical (unpaired) electrons. The molecule has 0 atom stereocenters. The maximum atomic E-state index is 11.7. The standard InChI is InChI=1S/C10H11N5O4S/c1-2-19-9(16)7-6-14-15(8(7)20(11,17)18)10-12-4-3-5-13-10/h3-6H,2H2,1H3,(H2,11,17,18). The number of rotatable bonds is 4. The Morgan fingerprint density at radius 2 is 2.05 bits per heavy atom. The Hall–Kier alpha value is -2.33. The van der Waals surface area contributed by atoms with Crippen LogP contribution in [-0.4, -0.2) is 40.7 Å². The smallest absolute Gasteiger partial charge is 0.342 e. The zero-order valence-corrected chi connectivity index (χ0v) is 11.2. The first kappa shape index (κ1) is 14.1. The van der Waals surface area contributed by atoms with Crippen molar-refractivity contribution in [1.82, 2.24) is 19.7 Å². The van der Waals surface area contributed by atoms with Gasteiger partial charge in [0.25, 0.3) is 16.0 Å². The summed E-state index contributed by atoms with van der Waals surface area (Å²) >= 11 is 0. The van der Waals surface area contributed by atoms with Gasteiger partial charge in [-0.15, -0.1) is 0 Å². The molecule has 0 saturated heterocycles. The summed E-state index contributed by atoms with van der Waals surface area (Å²) in [4.78, 5) is 19.4. The molecule has 0 amide bonds. The minimum atomic E-state index is -4.21. The summed E-state index contributed by atoms with van der Waals surface area (Å²) in [7, 11) is -4.21. The summed E-state index contributed by atoms with van der Waals surface area (Å²) in [5, 5.41) is 8.40. The van der Waals surface area contributed by atoms with E-state index in [1.165, 1.54) is 12.4 Å². The zero-order chi connectivity index (χ0) is 14.8. The van der Waals surface area contributed by atoms with Crippen molar-refractivity contribution >= 4 is 16.0 Å². The van der Waals surface area contributed by atoms with Crippen LogP contribution < -0.4 is 5.14 Å². The van der Waals surface area contributed by atoms with Crippen LogP contribution in [0.3, 0.4) is 0 Å². The van der Waals surface area contributed by atoms with Crippen LogP contribution in [0.1, 0.15) is 17.3 Å². The van der Waals surface area contributed by atoms with E-state index in [-0.39, 0.29) is 18.1 Å². The minimum absolute atomic E-state index is 0.0212. The van der Waals surface area contributed by atoms with Gasteiger partial charge in [-0.05, 0) is 13.0 Å². The van der Waals surface area contributed by atoms with E-state index >= 15 is 0 Å². The van der Waals surface area contributed by atoms with Crippen LogP contribution in [0.4, 0.5) is 0 Å².